The Hall–Kier alpha value is 0.620. The van der Waals surface area contributed by atoms with Gasteiger partial charge in [-0.2, -0.15) is 17.1 Å². The quantitative estimate of drug-likeness (QED) is 0.402. The molecule has 0 aliphatic carbocycles. The van der Waals surface area contributed by atoms with Crippen LogP contribution in [0.1, 0.15) is 13.8 Å². The van der Waals surface area contributed by atoms with Crippen LogP contribution in [0.15, 0.2) is 4.52 Å². The van der Waals surface area contributed by atoms with E-state index in [1.165, 1.54) is 13.8 Å². The van der Waals surface area contributed by atoms with Gasteiger partial charge in [-0.1, -0.05) is 0 Å². The summed E-state index contributed by atoms with van der Waals surface area (Å²) in [7, 11) is -12.2. The molecule has 1 aliphatic heterocycles. The molecule has 1 rings (SSSR count). The van der Waals surface area contributed by atoms with Gasteiger partial charge in [0.2, 0.25) is 0 Å². The third kappa shape index (κ3) is 2.84. The maximum atomic E-state index is 13.5. The summed E-state index contributed by atoms with van der Waals surface area (Å²) in [5, 5.41) is 0. The minimum absolute atomic E-state index is 0.816. The van der Waals surface area contributed by atoms with Crippen LogP contribution in [-0.2, 0) is 4.52 Å². The first-order valence-corrected chi connectivity index (χ1v) is 7.40. The van der Waals surface area contributed by atoms with Gasteiger partial charge in [0.05, 0.1) is 6.10 Å². The molecule has 0 aromatic heterocycles. The molecule has 0 saturated carbocycles. The summed E-state index contributed by atoms with van der Waals surface area (Å²) in [5.74, 6) is 0. The highest BCUT2D eigenvalue weighted by atomic mass is 31.3. The van der Waals surface area contributed by atoms with E-state index in [2.05, 4.69) is 9.04 Å². The molecule has 3 atom stereocenters. The van der Waals surface area contributed by atoms with E-state index in [-0.39, 0.29) is 0 Å². The maximum Gasteiger partial charge on any atom is 0.371 e. The molecule has 12 heteroatoms. The zero-order valence-electron chi connectivity index (χ0n) is 7.56. The van der Waals surface area contributed by atoms with Crippen LogP contribution in [0.25, 0.3) is 0 Å². The lowest BCUT2D eigenvalue weighted by atomic mass is 10.5. The molecule has 4 nitrogen and oxygen atoms in total. The number of rotatable bonds is 2. The molecule has 0 saturated heterocycles. The van der Waals surface area contributed by atoms with Crippen molar-refractivity contribution in [2.45, 2.75) is 20.0 Å². The fourth-order valence-corrected chi connectivity index (χ4v) is 5.46. The zero-order valence-corrected chi connectivity index (χ0v) is 10.2. The Labute approximate surface area is 85.5 Å². The van der Waals surface area contributed by atoms with E-state index in [1.54, 1.807) is 0 Å². The van der Waals surface area contributed by atoms with E-state index in [1.807, 2.05) is 0 Å². The first-order valence-electron chi connectivity index (χ1n) is 3.62. The molecule has 1 aliphatic rings. The molecule has 90 valence electrons. The van der Waals surface area contributed by atoms with Crippen LogP contribution in [0.2, 0.25) is 0 Å². The second-order valence-corrected chi connectivity index (χ2v) is 7.55. The van der Waals surface area contributed by atoms with Crippen LogP contribution in [0, 0.1) is 0 Å². The van der Waals surface area contributed by atoms with Crippen molar-refractivity contribution in [3.05, 3.63) is 0 Å². The number of nitrogens with zero attached hydrogens (tertiary/aromatic N) is 3. The normalized spacial score (nSPS) is 39.5. The van der Waals surface area contributed by atoms with Gasteiger partial charge in [0.25, 0.3) is 0 Å². The topological polar surface area (TPSA) is 28.1 Å². The predicted molar refractivity (Wildman–Crippen MR) is 48.6 cm³/mol. The highest BCUT2D eigenvalue weighted by Crippen LogP contribution is 2.80. The first kappa shape index (κ1) is 13.7. The van der Waals surface area contributed by atoms with Crippen molar-refractivity contribution in [2.75, 3.05) is 0 Å². The third-order valence-electron chi connectivity index (χ3n) is 1.14. The SMILES string of the molecule is CC(C)OP1(F)=NP(F)N(F)P(F)N1F. The highest BCUT2D eigenvalue weighted by molar-refractivity contribution is 7.77. The van der Waals surface area contributed by atoms with E-state index >= 15 is 0 Å². The summed E-state index contributed by atoms with van der Waals surface area (Å²) in [4.78, 5) is 0. The Bertz CT molecular complexity index is 292. The molecular weight excluding hydrogens is 282 g/mol. The molecule has 0 N–H and O–H groups in total. The fraction of sp³-hybridized carbons (Fsp3) is 1.00. The Kier molecular flexibility index (Phi) is 4.43. The van der Waals surface area contributed by atoms with Gasteiger partial charge in [-0.05, 0) is 18.5 Å². The molecule has 0 aromatic rings. The molecule has 0 fully saturated rings. The predicted octanol–water partition coefficient (Wildman–Crippen LogP) is 5.11. The monoisotopic (exact) mass is 289 g/mol. The Morgan fingerprint density at radius 3 is 2.33 bits per heavy atom. The second kappa shape index (κ2) is 4.86. The van der Waals surface area contributed by atoms with Crippen LogP contribution in [0.4, 0.5) is 21.6 Å². The van der Waals surface area contributed by atoms with Gasteiger partial charge in [0, 0.05) is 4.66 Å². The third-order valence-corrected chi connectivity index (χ3v) is 6.52. The Morgan fingerprint density at radius 2 is 1.87 bits per heavy atom. The van der Waals surface area contributed by atoms with E-state index in [9.17, 15) is 21.6 Å². The first-order chi connectivity index (χ1) is 6.78. The van der Waals surface area contributed by atoms with Crippen LogP contribution in [0.5, 0.6) is 0 Å². The standard InChI is InChI=1S/C3H7F5N3OP3/c1-3(2)12-15(8)9-13(6)10(4)14(7)11(15)5/h3H,1-2H3. The van der Waals surface area contributed by atoms with E-state index in [0.717, 1.165) is 0 Å². The van der Waals surface area contributed by atoms with Gasteiger partial charge in [-0.25, -0.2) is 0 Å². The number of hydrogen-bond donors (Lipinski definition) is 0. The minimum Gasteiger partial charge on any atom is -0.304 e. The van der Waals surface area contributed by atoms with E-state index < -0.39 is 40.2 Å². The van der Waals surface area contributed by atoms with Crippen molar-refractivity contribution in [2.24, 2.45) is 4.52 Å². The van der Waals surface area contributed by atoms with Crippen molar-refractivity contribution < 1.29 is 26.1 Å². The Morgan fingerprint density at radius 1 is 1.33 bits per heavy atom. The molecular formula is C3H7F5N3OP3. The fourth-order valence-electron chi connectivity index (χ4n) is 0.698. The molecule has 15 heavy (non-hydrogen) atoms. The largest absolute Gasteiger partial charge is 0.371 e. The van der Waals surface area contributed by atoms with E-state index in [4.69, 9.17) is 0 Å². The van der Waals surface area contributed by atoms with Gasteiger partial charge >= 0.3 is 24.8 Å². The van der Waals surface area contributed by atoms with Crippen molar-refractivity contribution in [3.63, 3.8) is 0 Å². The summed E-state index contributed by atoms with van der Waals surface area (Å²) in [6.07, 6.45) is -0.816. The Balaban J connectivity index is 3.01. The van der Waals surface area contributed by atoms with Crippen LogP contribution in [0.3, 0.4) is 0 Å². The van der Waals surface area contributed by atoms with Crippen LogP contribution >= 0.6 is 24.8 Å². The lowest BCUT2D eigenvalue weighted by Gasteiger charge is -2.30. The summed E-state index contributed by atoms with van der Waals surface area (Å²) in [5.41, 5.74) is 0. The average Bonchev–Trinajstić information content (AvgIpc) is 2.10. The summed E-state index contributed by atoms with van der Waals surface area (Å²) >= 11 is 0. The minimum atomic E-state index is -4.84. The molecule has 0 radical (unpaired) electrons. The van der Waals surface area contributed by atoms with Crippen molar-refractivity contribution in [1.82, 2.24) is 9.33 Å². The highest BCUT2D eigenvalue weighted by Gasteiger charge is 2.51. The molecule has 0 spiro atoms. The summed E-state index contributed by atoms with van der Waals surface area (Å²) in [6.45, 7) is 2.68. The number of halogens is 5. The molecule has 0 aromatic carbocycles. The zero-order chi connectivity index (χ0) is 11.8. The molecule has 0 bridgehead atoms. The van der Waals surface area contributed by atoms with Crippen LogP contribution in [-0.4, -0.2) is 15.4 Å². The summed E-state index contributed by atoms with van der Waals surface area (Å²) < 4.78 is 69.1. The molecule has 1 heterocycles. The smallest absolute Gasteiger partial charge is 0.304 e. The molecule has 3 unspecified atom stereocenters. The molecule has 0 amide bonds. The van der Waals surface area contributed by atoms with Gasteiger partial charge in [0.15, 0.2) is 0 Å². The van der Waals surface area contributed by atoms with Crippen molar-refractivity contribution >= 4 is 24.8 Å². The van der Waals surface area contributed by atoms with Gasteiger partial charge in [-0.3, -0.25) is 0 Å². The van der Waals surface area contributed by atoms with Crippen molar-refractivity contribution in [1.29, 1.82) is 0 Å². The summed E-state index contributed by atoms with van der Waals surface area (Å²) in [6, 6.07) is 0. The van der Waals surface area contributed by atoms with Crippen molar-refractivity contribution in [3.8, 4) is 0 Å². The van der Waals surface area contributed by atoms with Gasteiger partial charge in [-0.15, -0.1) is 8.96 Å². The van der Waals surface area contributed by atoms with Gasteiger partial charge < -0.3 is 4.52 Å². The lowest BCUT2D eigenvalue weighted by molar-refractivity contribution is 0.143. The lowest BCUT2D eigenvalue weighted by Crippen LogP contribution is -2.15. The second-order valence-electron chi connectivity index (χ2n) is 2.68. The van der Waals surface area contributed by atoms with Crippen LogP contribution < -0.4 is 0 Å². The average molecular weight is 289 g/mol. The number of hydrogen-bond acceptors (Lipinski definition) is 4. The van der Waals surface area contributed by atoms with E-state index in [0.29, 0.717) is 0 Å². The van der Waals surface area contributed by atoms with Gasteiger partial charge in [0.1, 0.15) is 0 Å². The maximum absolute atomic E-state index is 13.5.